The van der Waals surface area contributed by atoms with Crippen molar-refractivity contribution in [2.24, 2.45) is 0 Å². The van der Waals surface area contributed by atoms with E-state index in [9.17, 15) is 13.2 Å². The van der Waals surface area contributed by atoms with Gasteiger partial charge in [-0.15, -0.1) is 0 Å². The summed E-state index contributed by atoms with van der Waals surface area (Å²) in [6, 6.07) is 10.0. The molecule has 0 aliphatic carbocycles. The van der Waals surface area contributed by atoms with Crippen LogP contribution in [0.5, 0.6) is 0 Å². The number of fused-ring (bicyclic) bond motifs is 3. The summed E-state index contributed by atoms with van der Waals surface area (Å²) < 4.78 is 42.7. The predicted octanol–water partition coefficient (Wildman–Crippen LogP) is 4.09. The van der Waals surface area contributed by atoms with E-state index in [0.29, 0.717) is 18.5 Å². The van der Waals surface area contributed by atoms with E-state index in [1.54, 1.807) is 12.3 Å². The lowest BCUT2D eigenvalue weighted by atomic mass is 10.0. The number of hydrogen-bond acceptors (Lipinski definition) is 2. The molecule has 1 aromatic carbocycles. The topological polar surface area (TPSA) is 21.1 Å². The Bertz CT molecular complexity index is 913. The zero-order chi connectivity index (χ0) is 17.6. The van der Waals surface area contributed by atoms with Crippen LogP contribution in [0.3, 0.4) is 0 Å². The van der Waals surface area contributed by atoms with Gasteiger partial charge >= 0.3 is 6.18 Å². The average Bonchev–Trinajstić information content (AvgIpc) is 2.88. The first-order valence-electron chi connectivity index (χ1n) is 8.24. The number of alkyl halides is 3. The molecule has 0 N–H and O–H groups in total. The van der Waals surface area contributed by atoms with Gasteiger partial charge in [-0.2, -0.15) is 13.2 Å². The Balaban J connectivity index is 1.99. The first-order valence-corrected chi connectivity index (χ1v) is 8.24. The summed E-state index contributed by atoms with van der Waals surface area (Å²) in [6.45, 7) is 1.86. The van der Waals surface area contributed by atoms with Gasteiger partial charge < -0.3 is 9.47 Å². The molecule has 130 valence electrons. The molecule has 0 atom stereocenters. The quantitative estimate of drug-likeness (QED) is 0.697. The summed E-state index contributed by atoms with van der Waals surface area (Å²) in [5.41, 5.74) is 2.47. The highest BCUT2D eigenvalue weighted by molar-refractivity contribution is 5.89. The lowest BCUT2D eigenvalue weighted by Crippen LogP contribution is -2.27. The third kappa shape index (κ3) is 2.80. The zero-order valence-electron chi connectivity index (χ0n) is 13.8. The summed E-state index contributed by atoms with van der Waals surface area (Å²) in [5, 5.41) is 0.701. The van der Waals surface area contributed by atoms with Gasteiger partial charge in [0.05, 0.1) is 23.3 Å². The molecule has 0 bridgehead atoms. The van der Waals surface area contributed by atoms with Crippen molar-refractivity contribution < 1.29 is 13.2 Å². The molecule has 3 heterocycles. The van der Waals surface area contributed by atoms with Gasteiger partial charge in [0.1, 0.15) is 0 Å². The minimum absolute atomic E-state index is 0.279. The smallest absolute Gasteiger partial charge is 0.338 e. The van der Waals surface area contributed by atoms with Gasteiger partial charge in [-0.3, -0.25) is 4.98 Å². The van der Waals surface area contributed by atoms with Crippen molar-refractivity contribution in [3.63, 3.8) is 0 Å². The second kappa shape index (κ2) is 5.88. The van der Waals surface area contributed by atoms with Crippen molar-refractivity contribution in [1.29, 1.82) is 0 Å². The minimum atomic E-state index is -4.38. The van der Waals surface area contributed by atoms with Crippen molar-refractivity contribution in [2.75, 3.05) is 13.6 Å². The molecule has 0 unspecified atom stereocenters. The van der Waals surface area contributed by atoms with Crippen LogP contribution >= 0.6 is 0 Å². The Kier molecular flexibility index (Phi) is 3.80. The molecular formula is C19H18F3N3. The van der Waals surface area contributed by atoms with E-state index in [-0.39, 0.29) is 5.52 Å². The van der Waals surface area contributed by atoms with E-state index >= 15 is 0 Å². The second-order valence-corrected chi connectivity index (χ2v) is 6.52. The number of hydrogen-bond donors (Lipinski definition) is 0. The molecule has 0 amide bonds. The number of rotatable bonds is 2. The normalized spacial score (nSPS) is 15.5. The predicted molar refractivity (Wildman–Crippen MR) is 90.3 cm³/mol. The highest BCUT2D eigenvalue weighted by Crippen LogP contribution is 2.39. The van der Waals surface area contributed by atoms with E-state index in [1.165, 1.54) is 12.1 Å². The van der Waals surface area contributed by atoms with Crippen LogP contribution in [-0.4, -0.2) is 28.0 Å². The van der Waals surface area contributed by atoms with Crippen LogP contribution in [0.15, 0.2) is 42.6 Å². The highest BCUT2D eigenvalue weighted by Gasteiger charge is 2.35. The van der Waals surface area contributed by atoms with Gasteiger partial charge in [0.15, 0.2) is 0 Å². The lowest BCUT2D eigenvalue weighted by Gasteiger charge is -2.24. The molecule has 0 spiro atoms. The van der Waals surface area contributed by atoms with Crippen molar-refractivity contribution in [1.82, 2.24) is 14.5 Å². The van der Waals surface area contributed by atoms with E-state index in [4.69, 9.17) is 0 Å². The van der Waals surface area contributed by atoms with Gasteiger partial charge in [-0.25, -0.2) is 0 Å². The molecule has 0 saturated carbocycles. The average molecular weight is 345 g/mol. The third-order valence-electron chi connectivity index (χ3n) is 4.82. The molecule has 0 saturated heterocycles. The van der Waals surface area contributed by atoms with Crippen LogP contribution in [0.1, 0.15) is 22.5 Å². The third-order valence-corrected chi connectivity index (χ3v) is 4.82. The Labute approximate surface area is 143 Å². The summed E-state index contributed by atoms with van der Waals surface area (Å²) in [4.78, 5) is 6.45. The monoisotopic (exact) mass is 345 g/mol. The van der Waals surface area contributed by atoms with Crippen molar-refractivity contribution >= 4 is 10.9 Å². The van der Waals surface area contributed by atoms with Crippen LogP contribution in [0, 0.1) is 0 Å². The molecule has 25 heavy (non-hydrogen) atoms. The summed E-state index contributed by atoms with van der Waals surface area (Å²) in [6.07, 6.45) is -1.97. The number of para-hydroxylation sites is 1. The molecule has 3 aromatic rings. The summed E-state index contributed by atoms with van der Waals surface area (Å²) in [5.74, 6) is 0. The molecular weight excluding hydrogens is 327 g/mol. The Hall–Kier alpha value is -2.34. The minimum Gasteiger partial charge on any atom is -0.338 e. The van der Waals surface area contributed by atoms with Gasteiger partial charge in [-0.05, 0) is 30.8 Å². The fourth-order valence-electron chi connectivity index (χ4n) is 3.70. The maximum atomic E-state index is 13.6. The van der Waals surface area contributed by atoms with E-state index < -0.39 is 11.7 Å². The Morgan fingerprint density at radius 1 is 1.12 bits per heavy atom. The van der Waals surface area contributed by atoms with Gasteiger partial charge in [0.2, 0.25) is 0 Å². The van der Waals surface area contributed by atoms with Gasteiger partial charge in [-0.1, -0.05) is 18.2 Å². The molecule has 3 nitrogen and oxygen atoms in total. The molecule has 4 rings (SSSR count). The van der Waals surface area contributed by atoms with Crippen molar-refractivity contribution in [2.45, 2.75) is 25.7 Å². The summed E-state index contributed by atoms with van der Waals surface area (Å²) >= 11 is 0. The second-order valence-electron chi connectivity index (χ2n) is 6.52. The standard InChI is InChI=1S/C19H18F3N3/c1-24-10-8-17-15(12-24)14-6-4-7-16(19(20,21)22)18(14)25(17)11-13-5-2-3-9-23-13/h2-7,9H,8,10-12H2,1H3. The maximum Gasteiger partial charge on any atom is 0.418 e. The molecule has 1 aliphatic heterocycles. The first kappa shape index (κ1) is 16.1. The van der Waals surface area contributed by atoms with E-state index in [2.05, 4.69) is 9.88 Å². The molecule has 6 heteroatoms. The summed E-state index contributed by atoms with van der Waals surface area (Å²) in [7, 11) is 2.00. The van der Waals surface area contributed by atoms with Crippen LogP contribution in [0.4, 0.5) is 13.2 Å². The fraction of sp³-hybridized carbons (Fsp3) is 0.316. The number of nitrogens with zero attached hydrogens (tertiary/aromatic N) is 3. The van der Waals surface area contributed by atoms with E-state index in [0.717, 1.165) is 29.9 Å². The van der Waals surface area contributed by atoms with E-state index in [1.807, 2.05) is 29.8 Å². The number of benzene rings is 1. The molecule has 0 radical (unpaired) electrons. The number of pyridine rings is 1. The van der Waals surface area contributed by atoms with Crippen molar-refractivity contribution in [3.05, 3.63) is 65.1 Å². The van der Waals surface area contributed by atoms with Gasteiger partial charge in [0, 0.05) is 36.8 Å². The maximum absolute atomic E-state index is 13.6. The van der Waals surface area contributed by atoms with Crippen LogP contribution < -0.4 is 0 Å². The number of likely N-dealkylation sites (N-methyl/N-ethyl adjacent to an activating group) is 1. The fourth-order valence-corrected chi connectivity index (χ4v) is 3.70. The first-order chi connectivity index (χ1) is 11.9. The Morgan fingerprint density at radius 2 is 1.96 bits per heavy atom. The van der Waals surface area contributed by atoms with Crippen LogP contribution in [0.2, 0.25) is 0 Å². The Morgan fingerprint density at radius 3 is 2.68 bits per heavy atom. The van der Waals surface area contributed by atoms with Crippen LogP contribution in [0.25, 0.3) is 10.9 Å². The molecule has 0 fully saturated rings. The molecule has 2 aromatic heterocycles. The zero-order valence-corrected chi connectivity index (χ0v) is 13.8. The van der Waals surface area contributed by atoms with Crippen molar-refractivity contribution in [3.8, 4) is 0 Å². The lowest BCUT2D eigenvalue weighted by molar-refractivity contribution is -0.136. The molecule has 1 aliphatic rings. The number of halogens is 3. The largest absolute Gasteiger partial charge is 0.418 e. The highest BCUT2D eigenvalue weighted by atomic mass is 19.4. The SMILES string of the molecule is CN1CCc2c(c3cccc(C(F)(F)F)c3n2Cc2ccccn2)C1. The number of aromatic nitrogens is 2. The van der Waals surface area contributed by atoms with Gasteiger partial charge in [0.25, 0.3) is 0 Å². The van der Waals surface area contributed by atoms with Crippen LogP contribution in [-0.2, 0) is 25.7 Å².